The molecule has 1 aliphatic heterocycles. The van der Waals surface area contributed by atoms with Crippen molar-refractivity contribution in [1.29, 1.82) is 0 Å². The van der Waals surface area contributed by atoms with Crippen LogP contribution >= 0.6 is 23.2 Å². The molecule has 1 saturated heterocycles. The summed E-state index contributed by atoms with van der Waals surface area (Å²) < 4.78 is 5.37. The van der Waals surface area contributed by atoms with Crippen molar-refractivity contribution in [3.05, 3.63) is 67.7 Å². The average Bonchev–Trinajstić information content (AvgIpc) is 3.09. The molecule has 0 saturated carbocycles. The topological polar surface area (TPSA) is 89.8 Å². The van der Waals surface area contributed by atoms with Gasteiger partial charge in [0.15, 0.2) is 0 Å². The van der Waals surface area contributed by atoms with Gasteiger partial charge in [-0.15, -0.1) is 0 Å². The number of carbonyl (C=O) groups excluding carboxylic acids is 2. The number of likely N-dealkylation sites (tertiary alicyclic amines) is 1. The van der Waals surface area contributed by atoms with Crippen LogP contribution in [-0.4, -0.2) is 34.3 Å². The minimum Gasteiger partial charge on any atom is -0.425 e. The number of rotatable bonds is 4. The van der Waals surface area contributed by atoms with Gasteiger partial charge in [0.05, 0.1) is 4.92 Å². The molecule has 0 spiro atoms. The minimum atomic E-state index is -0.749. The molecule has 1 heterocycles. The molecule has 28 heavy (non-hydrogen) atoms. The number of hydrogen-bond acceptors (Lipinski definition) is 5. The van der Waals surface area contributed by atoms with Crippen LogP contribution in [0.2, 0.25) is 10.0 Å². The molecule has 1 unspecified atom stereocenters. The number of carbonyl (C=O) groups is 2. The lowest BCUT2D eigenvalue weighted by atomic mass is 10.1. The Bertz CT molecular complexity index is 943. The highest BCUT2D eigenvalue weighted by molar-refractivity contribution is 6.35. The second-order valence-corrected chi connectivity index (χ2v) is 7.31. The molecule has 2 aromatic carbocycles. The summed E-state index contributed by atoms with van der Waals surface area (Å²) in [6, 6.07) is 7.83. The SMILES string of the molecule is Cc1cc(OC(=O)C2CCCN2C(=O)c2cc(Cl)cc(Cl)c2)ccc1[N+](=O)[O-]. The van der Waals surface area contributed by atoms with Gasteiger partial charge >= 0.3 is 5.97 Å². The quantitative estimate of drug-likeness (QED) is 0.314. The monoisotopic (exact) mass is 422 g/mol. The van der Waals surface area contributed by atoms with Crippen LogP contribution in [0.4, 0.5) is 5.69 Å². The summed E-state index contributed by atoms with van der Waals surface area (Å²) in [5.74, 6) is -0.755. The van der Waals surface area contributed by atoms with Crippen molar-refractivity contribution in [1.82, 2.24) is 4.90 Å². The predicted molar refractivity (Wildman–Crippen MR) is 104 cm³/mol. The molecule has 1 amide bonds. The van der Waals surface area contributed by atoms with E-state index in [1.807, 2.05) is 0 Å². The van der Waals surface area contributed by atoms with E-state index < -0.39 is 16.9 Å². The zero-order valence-corrected chi connectivity index (χ0v) is 16.4. The number of aryl methyl sites for hydroxylation is 1. The van der Waals surface area contributed by atoms with Gasteiger partial charge in [0.25, 0.3) is 11.6 Å². The highest BCUT2D eigenvalue weighted by atomic mass is 35.5. The molecule has 7 nitrogen and oxygen atoms in total. The number of nitrogens with zero attached hydrogens (tertiary/aromatic N) is 2. The van der Waals surface area contributed by atoms with E-state index in [0.29, 0.717) is 40.6 Å². The molecule has 3 rings (SSSR count). The van der Waals surface area contributed by atoms with Crippen LogP contribution in [0.15, 0.2) is 36.4 Å². The predicted octanol–water partition coefficient (Wildman–Crippen LogP) is 4.42. The number of hydrogen-bond donors (Lipinski definition) is 0. The van der Waals surface area contributed by atoms with Gasteiger partial charge in [-0.05, 0) is 50.1 Å². The molecular weight excluding hydrogens is 407 g/mol. The van der Waals surface area contributed by atoms with Gasteiger partial charge in [0, 0.05) is 33.8 Å². The third-order valence-electron chi connectivity index (χ3n) is 4.48. The second-order valence-electron chi connectivity index (χ2n) is 6.44. The average molecular weight is 423 g/mol. The molecular formula is C19H16Cl2N2O5. The molecule has 0 radical (unpaired) electrons. The number of nitro groups is 1. The first-order chi connectivity index (χ1) is 13.3. The molecule has 146 valence electrons. The van der Waals surface area contributed by atoms with Crippen molar-refractivity contribution < 1.29 is 19.2 Å². The van der Waals surface area contributed by atoms with E-state index in [-0.39, 0.29) is 17.3 Å². The summed E-state index contributed by atoms with van der Waals surface area (Å²) >= 11 is 11.9. The van der Waals surface area contributed by atoms with Gasteiger partial charge in [-0.1, -0.05) is 23.2 Å². The fourth-order valence-electron chi connectivity index (χ4n) is 3.18. The molecule has 0 N–H and O–H groups in total. The van der Waals surface area contributed by atoms with E-state index >= 15 is 0 Å². The van der Waals surface area contributed by atoms with Gasteiger partial charge < -0.3 is 9.64 Å². The van der Waals surface area contributed by atoms with Crippen LogP contribution in [0.3, 0.4) is 0 Å². The highest BCUT2D eigenvalue weighted by Crippen LogP contribution is 2.27. The third-order valence-corrected chi connectivity index (χ3v) is 4.92. The first-order valence-electron chi connectivity index (χ1n) is 8.50. The molecule has 9 heteroatoms. The van der Waals surface area contributed by atoms with Crippen molar-refractivity contribution in [3.63, 3.8) is 0 Å². The Morgan fingerprint density at radius 3 is 2.46 bits per heavy atom. The third kappa shape index (κ3) is 4.26. The fourth-order valence-corrected chi connectivity index (χ4v) is 3.70. The minimum absolute atomic E-state index is 0.0599. The first-order valence-corrected chi connectivity index (χ1v) is 9.25. The van der Waals surface area contributed by atoms with Gasteiger partial charge in [-0.2, -0.15) is 0 Å². The van der Waals surface area contributed by atoms with Crippen LogP contribution in [0.25, 0.3) is 0 Å². The van der Waals surface area contributed by atoms with E-state index in [1.54, 1.807) is 6.92 Å². The van der Waals surface area contributed by atoms with E-state index in [2.05, 4.69) is 0 Å². The van der Waals surface area contributed by atoms with E-state index in [9.17, 15) is 19.7 Å². The Morgan fingerprint density at radius 1 is 1.18 bits per heavy atom. The standard InChI is InChI=1S/C19H16Cl2N2O5/c1-11-7-15(4-5-16(11)23(26)27)28-19(25)17-3-2-6-22(17)18(24)12-8-13(20)10-14(21)9-12/h4-5,7-10,17H,2-3,6H2,1H3. The van der Waals surface area contributed by atoms with E-state index in [4.69, 9.17) is 27.9 Å². The van der Waals surface area contributed by atoms with Crippen LogP contribution in [0, 0.1) is 17.0 Å². The Hall–Kier alpha value is -2.64. The number of amides is 1. The van der Waals surface area contributed by atoms with Crippen molar-refractivity contribution in [2.45, 2.75) is 25.8 Å². The fraction of sp³-hybridized carbons (Fsp3) is 0.263. The van der Waals surface area contributed by atoms with E-state index in [0.717, 1.165) is 0 Å². The Balaban J connectivity index is 1.77. The highest BCUT2D eigenvalue weighted by Gasteiger charge is 2.36. The van der Waals surface area contributed by atoms with Crippen LogP contribution in [0.5, 0.6) is 5.75 Å². The van der Waals surface area contributed by atoms with Crippen LogP contribution in [0.1, 0.15) is 28.8 Å². The number of esters is 1. The van der Waals surface area contributed by atoms with Crippen molar-refractivity contribution in [2.24, 2.45) is 0 Å². The van der Waals surface area contributed by atoms with Gasteiger partial charge in [0.2, 0.25) is 0 Å². The number of nitro benzene ring substituents is 1. The lowest BCUT2D eigenvalue weighted by Gasteiger charge is -2.23. The Labute approximate surface area is 170 Å². The molecule has 0 bridgehead atoms. The lowest BCUT2D eigenvalue weighted by molar-refractivity contribution is -0.385. The maximum atomic E-state index is 12.8. The number of benzene rings is 2. The van der Waals surface area contributed by atoms with Crippen molar-refractivity contribution in [3.8, 4) is 5.75 Å². The van der Waals surface area contributed by atoms with Crippen molar-refractivity contribution in [2.75, 3.05) is 6.54 Å². The summed E-state index contributed by atoms with van der Waals surface area (Å²) in [5, 5.41) is 11.6. The second kappa shape index (κ2) is 8.16. The molecule has 2 aromatic rings. The number of ether oxygens (including phenoxy) is 1. The Morgan fingerprint density at radius 2 is 1.86 bits per heavy atom. The summed E-state index contributed by atoms with van der Waals surface area (Å²) in [6.07, 6.45) is 1.12. The molecule has 1 fully saturated rings. The Kier molecular flexibility index (Phi) is 5.86. The maximum absolute atomic E-state index is 12.8. The summed E-state index contributed by atoms with van der Waals surface area (Å²) in [6.45, 7) is 1.96. The summed E-state index contributed by atoms with van der Waals surface area (Å²) in [7, 11) is 0. The largest absolute Gasteiger partial charge is 0.425 e. The van der Waals surface area contributed by atoms with Gasteiger partial charge in [0.1, 0.15) is 11.8 Å². The lowest BCUT2D eigenvalue weighted by Crippen LogP contribution is -2.42. The van der Waals surface area contributed by atoms with Crippen LogP contribution < -0.4 is 4.74 Å². The first kappa shape index (κ1) is 20.1. The summed E-state index contributed by atoms with van der Waals surface area (Å²) in [5.41, 5.74) is 0.613. The summed E-state index contributed by atoms with van der Waals surface area (Å²) in [4.78, 5) is 37.3. The molecule has 1 aliphatic rings. The zero-order chi connectivity index (χ0) is 20.4. The van der Waals surface area contributed by atoms with E-state index in [1.165, 1.54) is 41.3 Å². The number of halogens is 2. The zero-order valence-electron chi connectivity index (χ0n) is 14.9. The maximum Gasteiger partial charge on any atom is 0.334 e. The molecule has 0 aromatic heterocycles. The van der Waals surface area contributed by atoms with Gasteiger partial charge in [-0.3, -0.25) is 14.9 Å². The van der Waals surface area contributed by atoms with Crippen LogP contribution in [-0.2, 0) is 4.79 Å². The normalized spacial score (nSPS) is 16.1. The van der Waals surface area contributed by atoms with Gasteiger partial charge in [-0.25, -0.2) is 4.79 Å². The van der Waals surface area contributed by atoms with Crippen molar-refractivity contribution >= 4 is 40.8 Å². The smallest absolute Gasteiger partial charge is 0.334 e. The molecule has 0 aliphatic carbocycles. The molecule has 1 atom stereocenters.